The fraction of sp³-hybridized carbons (Fsp3) is 0.136. The maximum absolute atomic E-state index is 12.7. The molecule has 0 aliphatic heterocycles. The summed E-state index contributed by atoms with van der Waals surface area (Å²) in [5.74, 6) is -0.179. The topological polar surface area (TPSA) is 26.3 Å². The number of hydrogen-bond donors (Lipinski definition) is 0. The van der Waals surface area contributed by atoms with Crippen molar-refractivity contribution in [2.24, 2.45) is 0 Å². The van der Waals surface area contributed by atoms with E-state index in [1.165, 1.54) is 0 Å². The Morgan fingerprint density at radius 1 is 0.778 bits per heavy atom. The van der Waals surface area contributed by atoms with Crippen LogP contribution < -0.4 is 0 Å². The van der Waals surface area contributed by atoms with Crippen LogP contribution in [0.25, 0.3) is 0 Å². The van der Waals surface area contributed by atoms with Crippen LogP contribution in [0.5, 0.6) is 0 Å². The van der Waals surface area contributed by atoms with Crippen molar-refractivity contribution in [3.8, 4) is 0 Å². The predicted molar refractivity (Wildman–Crippen MR) is 118 cm³/mol. The van der Waals surface area contributed by atoms with Gasteiger partial charge in [0, 0.05) is 30.1 Å². The molecule has 0 atom stereocenters. The van der Waals surface area contributed by atoms with Crippen molar-refractivity contribution >= 4 is 48.1 Å². The molecule has 0 aromatic heterocycles. The van der Waals surface area contributed by atoms with Crippen LogP contribution in [0.3, 0.4) is 0 Å². The van der Waals surface area contributed by atoms with Gasteiger partial charge in [0.1, 0.15) is 0 Å². The number of carbonyl (C=O) groups is 1. The van der Waals surface area contributed by atoms with Crippen LogP contribution in [0, 0.1) is 0 Å². The van der Waals surface area contributed by atoms with Gasteiger partial charge < -0.3 is 4.18 Å². The first-order valence-electron chi connectivity index (χ1n) is 8.68. The van der Waals surface area contributed by atoms with E-state index in [2.05, 4.69) is 31.9 Å². The van der Waals surface area contributed by atoms with Crippen LogP contribution in [-0.4, -0.2) is 5.97 Å². The Morgan fingerprint density at radius 3 is 1.67 bits per heavy atom. The van der Waals surface area contributed by atoms with Gasteiger partial charge in [-0.05, 0) is 77.4 Å². The molecule has 3 rings (SSSR count). The quantitative estimate of drug-likeness (QED) is 0.340. The molecule has 0 amide bonds. The maximum Gasteiger partial charge on any atom is 0.317 e. The monoisotopic (exact) mass is 506 g/mol. The third kappa shape index (κ3) is 4.48. The molecule has 0 unspecified atom stereocenters. The second kappa shape index (κ2) is 9.09. The van der Waals surface area contributed by atoms with Crippen LogP contribution in [0.4, 0.5) is 0 Å². The highest BCUT2D eigenvalue weighted by Crippen LogP contribution is 2.69. The van der Waals surface area contributed by atoms with Crippen LogP contribution in [0.1, 0.15) is 19.8 Å². The zero-order valence-corrected chi connectivity index (χ0v) is 18.9. The molecule has 0 bridgehead atoms. The third-order valence-electron chi connectivity index (χ3n) is 4.04. The SMILES string of the molecule is CCCC(=O)OS(c1ccccc1)(c1ccc(Br)cc1)c1ccc(Br)cc1. The number of carbonyl (C=O) groups excluding carboxylic acids is 1. The lowest BCUT2D eigenvalue weighted by Crippen LogP contribution is -2.13. The summed E-state index contributed by atoms with van der Waals surface area (Å²) in [5, 5.41) is 0. The van der Waals surface area contributed by atoms with E-state index in [4.69, 9.17) is 4.18 Å². The van der Waals surface area contributed by atoms with Crippen molar-refractivity contribution in [3.63, 3.8) is 0 Å². The number of benzene rings is 3. The van der Waals surface area contributed by atoms with Gasteiger partial charge in [0.25, 0.3) is 0 Å². The van der Waals surface area contributed by atoms with Crippen molar-refractivity contribution < 1.29 is 8.98 Å². The minimum Gasteiger partial charge on any atom is -0.402 e. The molecule has 0 saturated heterocycles. The standard InChI is InChI=1S/C22H20Br2O2S/c1-2-6-22(25)26-27(19-7-4-3-5-8-19,20-13-9-17(23)10-14-20)21-15-11-18(24)12-16-21/h3-5,7-16H,2,6H2,1H3. The molecule has 0 fully saturated rings. The molecule has 5 heteroatoms. The van der Waals surface area contributed by atoms with Gasteiger partial charge in [0.05, 0.1) is 0 Å². The van der Waals surface area contributed by atoms with Crippen molar-refractivity contribution in [1.29, 1.82) is 0 Å². The molecule has 0 aliphatic carbocycles. The Labute approximate surface area is 178 Å². The van der Waals surface area contributed by atoms with Crippen molar-refractivity contribution in [2.45, 2.75) is 34.5 Å². The molecular formula is C22H20Br2O2S. The second-order valence-corrected chi connectivity index (χ2v) is 10.5. The molecule has 0 aliphatic rings. The molecular weight excluding hydrogens is 488 g/mol. The summed E-state index contributed by atoms with van der Waals surface area (Å²) in [6.45, 7) is 1.99. The van der Waals surface area contributed by atoms with Gasteiger partial charge in [0.15, 0.2) is 0 Å². The van der Waals surface area contributed by atoms with E-state index in [9.17, 15) is 4.79 Å². The average molecular weight is 508 g/mol. The predicted octanol–water partition coefficient (Wildman–Crippen LogP) is 7.75. The lowest BCUT2D eigenvalue weighted by Gasteiger charge is -2.39. The van der Waals surface area contributed by atoms with E-state index in [1.807, 2.05) is 85.8 Å². The number of hydrogen-bond acceptors (Lipinski definition) is 2. The first-order chi connectivity index (χ1) is 13.1. The van der Waals surface area contributed by atoms with Crippen molar-refractivity contribution in [2.75, 3.05) is 0 Å². The fourth-order valence-electron chi connectivity index (χ4n) is 2.80. The summed E-state index contributed by atoms with van der Waals surface area (Å²) in [6.07, 6.45) is 1.15. The van der Waals surface area contributed by atoms with Gasteiger partial charge in [-0.25, -0.2) is 0 Å². The molecule has 0 heterocycles. The molecule has 0 N–H and O–H groups in total. The Balaban J connectivity index is 2.28. The van der Waals surface area contributed by atoms with E-state index in [0.717, 1.165) is 30.1 Å². The minimum absolute atomic E-state index is 0.179. The molecule has 2 nitrogen and oxygen atoms in total. The Morgan fingerprint density at radius 2 is 1.22 bits per heavy atom. The van der Waals surface area contributed by atoms with Crippen LogP contribution in [0.2, 0.25) is 0 Å². The molecule has 3 aromatic carbocycles. The van der Waals surface area contributed by atoms with Gasteiger partial charge in [0.2, 0.25) is 0 Å². The normalized spacial score (nSPS) is 11.8. The number of halogens is 2. The van der Waals surface area contributed by atoms with E-state index < -0.39 is 10.3 Å². The Kier molecular flexibility index (Phi) is 6.79. The van der Waals surface area contributed by atoms with Crippen LogP contribution in [-0.2, 0) is 8.98 Å². The summed E-state index contributed by atoms with van der Waals surface area (Å²) in [7, 11) is -2.18. The largest absolute Gasteiger partial charge is 0.402 e. The molecule has 140 valence electrons. The van der Waals surface area contributed by atoms with Gasteiger partial charge in [-0.1, -0.05) is 57.0 Å². The van der Waals surface area contributed by atoms with Crippen molar-refractivity contribution in [1.82, 2.24) is 0 Å². The fourth-order valence-corrected chi connectivity index (χ4v) is 6.38. The molecule has 27 heavy (non-hydrogen) atoms. The summed E-state index contributed by atoms with van der Waals surface area (Å²) in [5.41, 5.74) is 0. The van der Waals surface area contributed by atoms with Gasteiger partial charge >= 0.3 is 5.97 Å². The lowest BCUT2D eigenvalue weighted by molar-refractivity contribution is -0.133. The van der Waals surface area contributed by atoms with Gasteiger partial charge in [-0.15, -0.1) is 0 Å². The van der Waals surface area contributed by atoms with Crippen molar-refractivity contribution in [3.05, 3.63) is 87.8 Å². The zero-order chi connectivity index (χ0) is 19.3. The zero-order valence-electron chi connectivity index (χ0n) is 14.9. The molecule has 0 radical (unpaired) electrons. The van der Waals surface area contributed by atoms with E-state index in [1.54, 1.807) is 0 Å². The maximum atomic E-state index is 12.7. The summed E-state index contributed by atoms with van der Waals surface area (Å²) in [4.78, 5) is 15.7. The minimum atomic E-state index is -2.18. The number of rotatable bonds is 6. The molecule has 3 aromatic rings. The summed E-state index contributed by atoms with van der Waals surface area (Å²) >= 11 is 7.01. The molecule has 0 spiro atoms. The first-order valence-corrected chi connectivity index (χ1v) is 11.8. The molecule has 0 saturated carbocycles. The second-order valence-electron chi connectivity index (χ2n) is 5.98. The van der Waals surface area contributed by atoms with Gasteiger partial charge in [-0.3, -0.25) is 4.79 Å². The van der Waals surface area contributed by atoms with Crippen LogP contribution >= 0.6 is 42.2 Å². The van der Waals surface area contributed by atoms with E-state index in [-0.39, 0.29) is 5.97 Å². The first kappa shape index (κ1) is 20.2. The van der Waals surface area contributed by atoms with Crippen LogP contribution in [0.15, 0.2) is 102 Å². The summed E-state index contributed by atoms with van der Waals surface area (Å²) < 4.78 is 8.31. The van der Waals surface area contributed by atoms with Gasteiger partial charge in [-0.2, -0.15) is 0 Å². The average Bonchev–Trinajstić information content (AvgIpc) is 2.68. The smallest absolute Gasteiger partial charge is 0.317 e. The van der Waals surface area contributed by atoms with E-state index >= 15 is 0 Å². The third-order valence-corrected chi connectivity index (χ3v) is 8.34. The highest BCUT2D eigenvalue weighted by atomic mass is 79.9. The highest BCUT2D eigenvalue weighted by molar-refractivity contribution is 9.10. The Hall–Kier alpha value is -1.56. The van der Waals surface area contributed by atoms with E-state index in [0.29, 0.717) is 6.42 Å². The highest BCUT2D eigenvalue weighted by Gasteiger charge is 2.35. The Bertz CT molecular complexity index is 848. The lowest BCUT2D eigenvalue weighted by atomic mass is 10.3. The summed E-state index contributed by atoms with van der Waals surface area (Å²) in [6, 6.07) is 26.1.